The zero-order chi connectivity index (χ0) is 49.4. The Morgan fingerprint density at radius 1 is 0.253 bits per heavy atom. The predicted molar refractivity (Wildman–Crippen MR) is 317 cm³/mol. The maximum Gasteiger partial charge on any atom is 0.137 e. The SMILES string of the molecule is c1ccc(-c2ccc(-c3ccc4c(c3)c3cc(-c5ccc(N(c6ccc(-c7ccccc7)cc6)c6cccc7oc8ccccc8c67)cc5)ccc3n4-c3ccc4c5ccccc5c5ccccc5c4c3)cc2)cc1. The number of fused-ring (bicyclic) bond motifs is 12. The number of furan rings is 1. The number of hydrogen-bond acceptors (Lipinski definition) is 2. The van der Waals surface area contributed by atoms with E-state index in [9.17, 15) is 0 Å². The topological polar surface area (TPSA) is 21.3 Å². The number of para-hydroxylation sites is 1. The van der Waals surface area contributed by atoms with Crippen molar-refractivity contribution >= 4 is 93.1 Å². The van der Waals surface area contributed by atoms with Crippen molar-refractivity contribution in [1.82, 2.24) is 4.57 Å². The van der Waals surface area contributed by atoms with Gasteiger partial charge in [-0.1, -0.05) is 200 Å². The summed E-state index contributed by atoms with van der Waals surface area (Å²) in [6.07, 6.45) is 0. The number of benzene rings is 13. The highest BCUT2D eigenvalue weighted by molar-refractivity contribution is 6.26. The molecule has 0 bridgehead atoms. The second-order valence-corrected chi connectivity index (χ2v) is 19.6. The Morgan fingerprint density at radius 2 is 0.653 bits per heavy atom. The van der Waals surface area contributed by atoms with E-state index >= 15 is 0 Å². The monoisotopic (exact) mass is 954 g/mol. The third-order valence-corrected chi connectivity index (χ3v) is 15.4. The van der Waals surface area contributed by atoms with Crippen molar-refractivity contribution in [3.8, 4) is 50.2 Å². The second kappa shape index (κ2) is 17.4. The summed E-state index contributed by atoms with van der Waals surface area (Å²) in [5.41, 5.74) is 17.9. The highest BCUT2D eigenvalue weighted by atomic mass is 16.3. The summed E-state index contributed by atoms with van der Waals surface area (Å²) in [5.74, 6) is 0. The fourth-order valence-electron chi connectivity index (χ4n) is 11.8. The normalized spacial score (nSPS) is 11.7. The highest BCUT2D eigenvalue weighted by Crippen LogP contribution is 2.45. The van der Waals surface area contributed by atoms with E-state index in [4.69, 9.17) is 4.42 Å². The minimum absolute atomic E-state index is 0.863. The smallest absolute Gasteiger partial charge is 0.137 e. The fraction of sp³-hybridized carbons (Fsp3) is 0. The number of nitrogens with zero attached hydrogens (tertiary/aromatic N) is 2. The summed E-state index contributed by atoms with van der Waals surface area (Å²) in [4.78, 5) is 2.36. The van der Waals surface area contributed by atoms with Gasteiger partial charge in [-0.15, -0.1) is 0 Å². The van der Waals surface area contributed by atoms with E-state index in [1.807, 2.05) is 6.07 Å². The van der Waals surface area contributed by atoms with Crippen molar-refractivity contribution in [3.05, 3.63) is 279 Å². The molecule has 0 spiro atoms. The molecule has 13 aromatic carbocycles. The minimum atomic E-state index is 0.863. The molecule has 2 aromatic heterocycles. The Kier molecular flexibility index (Phi) is 9.89. The Hall–Kier alpha value is -9.96. The fourth-order valence-corrected chi connectivity index (χ4v) is 11.8. The van der Waals surface area contributed by atoms with Gasteiger partial charge in [-0.3, -0.25) is 0 Å². The Morgan fingerprint density at radius 3 is 1.19 bits per heavy atom. The lowest BCUT2D eigenvalue weighted by atomic mass is 9.94. The molecule has 0 saturated carbocycles. The zero-order valence-corrected chi connectivity index (χ0v) is 40.9. The molecule has 0 aliphatic carbocycles. The largest absolute Gasteiger partial charge is 0.456 e. The van der Waals surface area contributed by atoms with Crippen LogP contribution in [0.4, 0.5) is 17.1 Å². The van der Waals surface area contributed by atoms with Crippen LogP contribution in [-0.2, 0) is 0 Å². The lowest BCUT2D eigenvalue weighted by molar-refractivity contribution is 0.669. The third kappa shape index (κ3) is 7.12. The van der Waals surface area contributed by atoms with Crippen LogP contribution in [0.25, 0.3) is 126 Å². The van der Waals surface area contributed by atoms with Crippen LogP contribution in [0.5, 0.6) is 0 Å². The van der Waals surface area contributed by atoms with E-state index in [-0.39, 0.29) is 0 Å². The van der Waals surface area contributed by atoms with E-state index in [0.29, 0.717) is 0 Å². The Labute approximate surface area is 434 Å². The average Bonchev–Trinajstić information content (AvgIpc) is 4.05. The van der Waals surface area contributed by atoms with E-state index in [0.717, 1.165) is 61.3 Å². The molecule has 0 unspecified atom stereocenters. The molecule has 0 radical (unpaired) electrons. The maximum atomic E-state index is 6.44. The molecule has 3 nitrogen and oxygen atoms in total. The minimum Gasteiger partial charge on any atom is -0.456 e. The summed E-state index contributed by atoms with van der Waals surface area (Å²) in [5, 5.41) is 12.2. The second-order valence-electron chi connectivity index (χ2n) is 19.6. The van der Waals surface area contributed by atoms with Gasteiger partial charge in [0.1, 0.15) is 11.2 Å². The first-order valence-electron chi connectivity index (χ1n) is 25.7. The molecule has 0 N–H and O–H groups in total. The van der Waals surface area contributed by atoms with Crippen LogP contribution in [-0.4, -0.2) is 4.57 Å². The maximum absolute atomic E-state index is 6.44. The molecule has 0 aliphatic rings. The zero-order valence-electron chi connectivity index (χ0n) is 40.9. The van der Waals surface area contributed by atoms with Gasteiger partial charge in [0.05, 0.1) is 22.1 Å². The van der Waals surface area contributed by atoms with E-state index < -0.39 is 0 Å². The molecule has 0 fully saturated rings. The molecule has 15 aromatic rings. The molecule has 15 rings (SSSR count). The Bertz CT molecular complexity index is 4630. The third-order valence-electron chi connectivity index (χ3n) is 15.4. The number of aromatic nitrogens is 1. The average molecular weight is 955 g/mol. The Balaban J connectivity index is 0.880. The van der Waals surface area contributed by atoms with Gasteiger partial charge in [0.2, 0.25) is 0 Å². The van der Waals surface area contributed by atoms with Crippen LogP contribution in [0.3, 0.4) is 0 Å². The number of hydrogen-bond donors (Lipinski definition) is 0. The molecule has 0 atom stereocenters. The molecular formula is C72H46N2O. The lowest BCUT2D eigenvalue weighted by Gasteiger charge is -2.26. The van der Waals surface area contributed by atoms with Gasteiger partial charge in [-0.05, 0) is 156 Å². The van der Waals surface area contributed by atoms with Crippen molar-refractivity contribution < 1.29 is 4.42 Å². The van der Waals surface area contributed by atoms with Crippen LogP contribution in [0.15, 0.2) is 283 Å². The van der Waals surface area contributed by atoms with Gasteiger partial charge in [0, 0.05) is 33.2 Å². The summed E-state index contributed by atoms with van der Waals surface area (Å²) in [6.45, 7) is 0. The molecule has 75 heavy (non-hydrogen) atoms. The van der Waals surface area contributed by atoms with Crippen LogP contribution in [0.1, 0.15) is 0 Å². The van der Waals surface area contributed by atoms with Gasteiger partial charge in [-0.25, -0.2) is 0 Å². The molecule has 3 heteroatoms. The van der Waals surface area contributed by atoms with Crippen molar-refractivity contribution in [2.75, 3.05) is 4.90 Å². The predicted octanol–water partition coefficient (Wildman–Crippen LogP) is 20.3. The van der Waals surface area contributed by atoms with Gasteiger partial charge >= 0.3 is 0 Å². The van der Waals surface area contributed by atoms with E-state index in [2.05, 4.69) is 282 Å². The van der Waals surface area contributed by atoms with Crippen molar-refractivity contribution in [3.63, 3.8) is 0 Å². The van der Waals surface area contributed by atoms with Gasteiger partial charge in [0.15, 0.2) is 0 Å². The van der Waals surface area contributed by atoms with Crippen LogP contribution >= 0.6 is 0 Å². The van der Waals surface area contributed by atoms with Crippen LogP contribution in [0.2, 0.25) is 0 Å². The summed E-state index contributed by atoms with van der Waals surface area (Å²) in [6, 6.07) is 102. The van der Waals surface area contributed by atoms with Gasteiger partial charge in [0.25, 0.3) is 0 Å². The van der Waals surface area contributed by atoms with Gasteiger partial charge < -0.3 is 13.9 Å². The van der Waals surface area contributed by atoms with Gasteiger partial charge in [-0.2, -0.15) is 0 Å². The molecule has 2 heterocycles. The first-order valence-corrected chi connectivity index (χ1v) is 25.7. The van der Waals surface area contributed by atoms with E-state index in [1.165, 1.54) is 82.0 Å². The van der Waals surface area contributed by atoms with Crippen LogP contribution in [0, 0.1) is 0 Å². The summed E-state index contributed by atoms with van der Waals surface area (Å²) >= 11 is 0. The molecule has 0 amide bonds. The summed E-state index contributed by atoms with van der Waals surface area (Å²) < 4.78 is 8.90. The highest BCUT2D eigenvalue weighted by Gasteiger charge is 2.21. The lowest BCUT2D eigenvalue weighted by Crippen LogP contribution is -2.10. The van der Waals surface area contributed by atoms with Crippen molar-refractivity contribution in [2.45, 2.75) is 0 Å². The molecule has 0 saturated heterocycles. The van der Waals surface area contributed by atoms with Crippen molar-refractivity contribution in [2.24, 2.45) is 0 Å². The van der Waals surface area contributed by atoms with Crippen molar-refractivity contribution in [1.29, 1.82) is 0 Å². The molecule has 350 valence electrons. The first-order chi connectivity index (χ1) is 37.2. The number of rotatable bonds is 8. The van der Waals surface area contributed by atoms with Crippen LogP contribution < -0.4 is 4.90 Å². The number of anilines is 3. The molecule has 0 aliphatic heterocycles. The first kappa shape index (κ1) is 42.7. The molecular weight excluding hydrogens is 909 g/mol. The summed E-state index contributed by atoms with van der Waals surface area (Å²) in [7, 11) is 0. The quantitative estimate of drug-likeness (QED) is 0.142. The van der Waals surface area contributed by atoms with E-state index in [1.54, 1.807) is 0 Å². The standard InChI is InChI=1S/C72H46N2O/c1-3-14-47(15-4-1)49-26-28-51(29-27-49)53-34-42-67-65(44-53)66-45-54(35-43-68(66)74(67)57-40-41-62-60-20-8-7-18-58(60)59-19-9-10-21-61(59)64(62)46-57)52-32-38-56(39-33-52)73(55-36-30-50(31-37-55)48-16-5-2-6-17-48)69-23-13-25-71-72(69)63-22-11-12-24-70(63)75-71/h1-46H.